The maximum absolute atomic E-state index is 12.1. The van der Waals surface area contributed by atoms with Crippen LogP contribution in [0.15, 0.2) is 97.1 Å². The lowest BCUT2D eigenvalue weighted by molar-refractivity contribution is -0.276. The molecule has 1 amide bonds. The van der Waals surface area contributed by atoms with Gasteiger partial charge in [-0.1, -0.05) is 85.8 Å². The summed E-state index contributed by atoms with van der Waals surface area (Å²) in [6.07, 6.45) is -1.52. The lowest BCUT2D eigenvalue weighted by atomic mass is 9.90. The fourth-order valence-electron chi connectivity index (χ4n) is 6.23. The van der Waals surface area contributed by atoms with Gasteiger partial charge in [0.05, 0.1) is 24.9 Å². The van der Waals surface area contributed by atoms with Gasteiger partial charge in [0, 0.05) is 44.0 Å². The van der Waals surface area contributed by atoms with Crippen molar-refractivity contribution >= 4 is 11.9 Å². The molecule has 50 heavy (non-hydrogen) atoms. The molecule has 0 aliphatic carbocycles. The molecule has 0 bridgehead atoms. The zero-order valence-electron chi connectivity index (χ0n) is 28.4. The number of carboxylic acid groups (broad SMARTS) is 1. The molecule has 10 nitrogen and oxygen atoms in total. The summed E-state index contributed by atoms with van der Waals surface area (Å²) in [5.74, 6) is -1.02. The Morgan fingerprint density at radius 2 is 1.58 bits per heavy atom. The molecule has 1 aliphatic rings. The van der Waals surface area contributed by atoms with Crippen LogP contribution in [0.1, 0.15) is 72.5 Å². The van der Waals surface area contributed by atoms with Crippen molar-refractivity contribution in [1.82, 2.24) is 10.2 Å². The van der Waals surface area contributed by atoms with Gasteiger partial charge in [0.15, 0.2) is 6.29 Å². The number of phenols is 1. The number of amides is 1. The Kier molecular flexibility index (Phi) is 12.8. The van der Waals surface area contributed by atoms with Crippen molar-refractivity contribution in [2.75, 3.05) is 20.1 Å². The minimum atomic E-state index is -0.910. The largest absolute Gasteiger partial charge is 0.508 e. The first-order valence-corrected chi connectivity index (χ1v) is 16.9. The number of carboxylic acids is 1. The highest BCUT2D eigenvalue weighted by Gasteiger charge is 2.39. The molecule has 1 heterocycles. The second-order valence-electron chi connectivity index (χ2n) is 13.0. The standard InChI is InChI=1S/C40H46N2O8/c1-26-36(24-42(2)23-35(45)33-8-4-9-34(44)21-33)49-40(50-39(26)30-14-12-27(25-43)13-15-30)31-18-16-29(17-19-31)32-7-3-6-28(20-32)22-41-37(46)10-5-11-38(47)48/h3-4,6-9,12-21,26,35-36,39-40,43-45H,5,10-11,22-25H2,1-2H3,(H,41,46)(H,47,48)/t26-,35+,36+,39+,40+/m0/s1. The quantitative estimate of drug-likeness (QED) is 0.104. The average Bonchev–Trinajstić information content (AvgIpc) is 3.11. The van der Waals surface area contributed by atoms with E-state index in [0.717, 1.165) is 33.4 Å². The summed E-state index contributed by atoms with van der Waals surface area (Å²) in [5.41, 5.74) is 6.21. The van der Waals surface area contributed by atoms with Crippen LogP contribution in [0.4, 0.5) is 0 Å². The van der Waals surface area contributed by atoms with E-state index in [4.69, 9.17) is 14.6 Å². The summed E-state index contributed by atoms with van der Waals surface area (Å²) in [6.45, 7) is 3.28. The predicted octanol–water partition coefficient (Wildman–Crippen LogP) is 5.88. The van der Waals surface area contributed by atoms with Gasteiger partial charge in [0.25, 0.3) is 0 Å². The molecule has 0 spiro atoms. The van der Waals surface area contributed by atoms with Crippen LogP contribution >= 0.6 is 0 Å². The van der Waals surface area contributed by atoms with Crippen LogP contribution in [-0.4, -0.2) is 63.4 Å². The summed E-state index contributed by atoms with van der Waals surface area (Å²) < 4.78 is 13.2. The third-order valence-electron chi connectivity index (χ3n) is 9.08. The molecule has 264 valence electrons. The number of nitrogens with zero attached hydrogens (tertiary/aromatic N) is 1. The molecule has 5 N–H and O–H groups in total. The third-order valence-corrected chi connectivity index (χ3v) is 9.08. The number of likely N-dealkylation sites (N-methyl/N-ethyl adjacent to an activating group) is 1. The second kappa shape index (κ2) is 17.4. The van der Waals surface area contributed by atoms with Crippen molar-refractivity contribution in [3.05, 3.63) is 125 Å². The maximum atomic E-state index is 12.1. The van der Waals surface area contributed by atoms with Crippen LogP contribution in [0, 0.1) is 5.92 Å². The molecule has 10 heteroatoms. The minimum absolute atomic E-state index is 0.0312. The smallest absolute Gasteiger partial charge is 0.303 e. The summed E-state index contributed by atoms with van der Waals surface area (Å²) in [4.78, 5) is 24.9. The molecule has 0 radical (unpaired) electrons. The monoisotopic (exact) mass is 682 g/mol. The number of aliphatic hydroxyl groups is 2. The number of aromatic hydroxyl groups is 1. The van der Waals surface area contributed by atoms with E-state index in [-0.39, 0.29) is 49.2 Å². The number of nitrogens with one attached hydrogen (secondary N) is 1. The predicted molar refractivity (Wildman–Crippen MR) is 189 cm³/mol. The Hall–Kier alpha value is -4.58. The van der Waals surface area contributed by atoms with Gasteiger partial charge in [-0.15, -0.1) is 0 Å². The van der Waals surface area contributed by atoms with Crippen LogP contribution < -0.4 is 5.32 Å². The van der Waals surface area contributed by atoms with Gasteiger partial charge in [-0.05, 0) is 65.0 Å². The number of hydrogen-bond donors (Lipinski definition) is 5. The van der Waals surface area contributed by atoms with Crippen molar-refractivity contribution in [3.63, 3.8) is 0 Å². The van der Waals surface area contributed by atoms with Crippen molar-refractivity contribution in [3.8, 4) is 16.9 Å². The SMILES string of the molecule is C[C@H]1[C@@H](CN(C)C[C@@H](O)c2cccc(O)c2)O[C@@H](c2ccc(-c3cccc(CNC(=O)CCCC(=O)O)c3)cc2)O[C@H]1c1ccc(CO)cc1. The van der Waals surface area contributed by atoms with E-state index in [1.54, 1.807) is 24.3 Å². The van der Waals surface area contributed by atoms with E-state index in [1.807, 2.05) is 84.7 Å². The average molecular weight is 683 g/mol. The number of ether oxygens (including phenoxy) is 2. The maximum Gasteiger partial charge on any atom is 0.303 e. The molecule has 5 rings (SSSR count). The van der Waals surface area contributed by atoms with Crippen molar-refractivity contribution in [2.24, 2.45) is 5.92 Å². The van der Waals surface area contributed by atoms with E-state index in [1.165, 1.54) is 0 Å². The molecule has 1 saturated heterocycles. The van der Waals surface area contributed by atoms with E-state index in [0.29, 0.717) is 31.6 Å². The molecule has 5 atom stereocenters. The summed E-state index contributed by atoms with van der Waals surface area (Å²) in [5, 5.41) is 42.0. The van der Waals surface area contributed by atoms with Crippen molar-refractivity contribution in [1.29, 1.82) is 0 Å². The number of rotatable bonds is 15. The van der Waals surface area contributed by atoms with Gasteiger partial charge in [0.2, 0.25) is 5.91 Å². The minimum Gasteiger partial charge on any atom is -0.508 e. The van der Waals surface area contributed by atoms with Gasteiger partial charge in [-0.2, -0.15) is 0 Å². The first kappa shape index (κ1) is 36.7. The highest BCUT2D eigenvalue weighted by Crippen LogP contribution is 2.42. The molecule has 0 saturated carbocycles. The molecule has 1 aliphatic heterocycles. The van der Waals surface area contributed by atoms with Gasteiger partial charge >= 0.3 is 5.97 Å². The van der Waals surface area contributed by atoms with Crippen molar-refractivity contribution in [2.45, 2.75) is 63.9 Å². The molecular weight excluding hydrogens is 636 g/mol. The third kappa shape index (κ3) is 9.99. The number of carbonyl (C=O) groups excluding carboxylic acids is 1. The fraction of sp³-hybridized carbons (Fsp3) is 0.350. The lowest BCUT2D eigenvalue weighted by Gasteiger charge is -2.42. The second-order valence-corrected chi connectivity index (χ2v) is 13.0. The molecule has 0 unspecified atom stereocenters. The number of benzene rings is 4. The molecular formula is C40H46N2O8. The lowest BCUT2D eigenvalue weighted by Crippen LogP contribution is -2.44. The molecule has 4 aromatic carbocycles. The Morgan fingerprint density at radius 1 is 0.860 bits per heavy atom. The van der Waals surface area contributed by atoms with Gasteiger partial charge < -0.3 is 40.1 Å². The topological polar surface area (TPSA) is 149 Å². The summed E-state index contributed by atoms with van der Waals surface area (Å²) in [7, 11) is 1.94. The fourth-order valence-corrected chi connectivity index (χ4v) is 6.23. The van der Waals surface area contributed by atoms with Gasteiger partial charge in [-0.3, -0.25) is 9.59 Å². The Labute approximate surface area is 292 Å². The highest BCUT2D eigenvalue weighted by molar-refractivity contribution is 5.76. The van der Waals surface area contributed by atoms with Crippen LogP contribution in [0.3, 0.4) is 0 Å². The number of phenolic OH excluding ortho intramolecular Hbond substituents is 1. The number of aliphatic carboxylic acids is 1. The molecule has 1 fully saturated rings. The Balaban J connectivity index is 1.29. The molecule has 4 aromatic rings. The van der Waals surface area contributed by atoms with Crippen LogP contribution in [0.5, 0.6) is 5.75 Å². The van der Waals surface area contributed by atoms with Crippen LogP contribution in [0.2, 0.25) is 0 Å². The zero-order valence-corrected chi connectivity index (χ0v) is 28.4. The van der Waals surface area contributed by atoms with E-state index in [2.05, 4.69) is 12.2 Å². The number of carbonyl (C=O) groups is 2. The van der Waals surface area contributed by atoms with E-state index in [9.17, 15) is 24.9 Å². The van der Waals surface area contributed by atoms with Gasteiger partial charge in [0.1, 0.15) is 5.75 Å². The normalized spacial score (nSPS) is 19.6. The summed E-state index contributed by atoms with van der Waals surface area (Å²) in [6, 6.07) is 30.3. The van der Waals surface area contributed by atoms with Crippen LogP contribution in [0.25, 0.3) is 11.1 Å². The van der Waals surface area contributed by atoms with Crippen LogP contribution in [-0.2, 0) is 32.2 Å². The Morgan fingerprint density at radius 3 is 2.28 bits per heavy atom. The number of aliphatic hydroxyl groups excluding tert-OH is 2. The summed E-state index contributed by atoms with van der Waals surface area (Å²) >= 11 is 0. The first-order chi connectivity index (χ1) is 24.1. The first-order valence-electron chi connectivity index (χ1n) is 16.9. The van der Waals surface area contributed by atoms with Gasteiger partial charge in [-0.25, -0.2) is 0 Å². The zero-order chi connectivity index (χ0) is 35.6. The molecule has 0 aromatic heterocycles. The Bertz CT molecular complexity index is 1710. The number of hydrogen-bond acceptors (Lipinski definition) is 8. The van der Waals surface area contributed by atoms with Crippen molar-refractivity contribution < 1.29 is 39.5 Å². The van der Waals surface area contributed by atoms with E-state index >= 15 is 0 Å². The van der Waals surface area contributed by atoms with E-state index < -0.39 is 18.4 Å². The highest BCUT2D eigenvalue weighted by atomic mass is 16.7.